The first-order chi connectivity index (χ1) is 6.74. The van der Waals surface area contributed by atoms with E-state index in [4.69, 9.17) is 11.1 Å². The third-order valence-corrected chi connectivity index (χ3v) is 3.34. The Balaban J connectivity index is 0.00000112. The van der Waals surface area contributed by atoms with Gasteiger partial charge in [-0.3, -0.25) is 5.41 Å². The molecule has 0 aromatic rings. The fraction of sp³-hybridized carbons (Fsp3) is 0.909. The van der Waals surface area contributed by atoms with E-state index in [-0.39, 0.29) is 18.4 Å². The van der Waals surface area contributed by atoms with Crippen LogP contribution in [0.25, 0.3) is 0 Å². The van der Waals surface area contributed by atoms with Crippen molar-refractivity contribution in [2.75, 3.05) is 6.54 Å². The van der Waals surface area contributed by atoms with Gasteiger partial charge in [-0.15, -0.1) is 12.4 Å². The van der Waals surface area contributed by atoms with E-state index in [1.807, 2.05) is 0 Å². The van der Waals surface area contributed by atoms with E-state index in [2.05, 4.69) is 11.8 Å². The van der Waals surface area contributed by atoms with E-state index in [1.165, 1.54) is 25.7 Å². The van der Waals surface area contributed by atoms with Crippen LogP contribution in [0.1, 0.15) is 39.0 Å². The molecule has 0 aromatic carbocycles. The Morgan fingerprint density at radius 1 is 1.33 bits per heavy atom. The van der Waals surface area contributed by atoms with Crippen molar-refractivity contribution in [2.45, 2.75) is 45.1 Å². The minimum atomic E-state index is 0. The Hall–Kier alpha value is -0.440. The van der Waals surface area contributed by atoms with E-state index in [0.717, 1.165) is 24.8 Å². The predicted molar refractivity (Wildman–Crippen MR) is 65.4 cm³/mol. The highest BCUT2D eigenvalue weighted by atomic mass is 35.5. The van der Waals surface area contributed by atoms with Crippen LogP contribution in [0.4, 0.5) is 0 Å². The molecular weight excluding hydrogens is 210 g/mol. The molecule has 0 bridgehead atoms. The lowest BCUT2D eigenvalue weighted by atomic mass is 10.1. The van der Waals surface area contributed by atoms with Gasteiger partial charge in [-0.2, -0.15) is 0 Å². The first-order valence-corrected chi connectivity index (χ1v) is 5.84. The molecule has 15 heavy (non-hydrogen) atoms. The third kappa shape index (κ3) is 3.00. The van der Waals surface area contributed by atoms with Crippen LogP contribution >= 0.6 is 12.4 Å². The van der Waals surface area contributed by atoms with Crippen LogP contribution in [0.3, 0.4) is 0 Å². The molecule has 2 rings (SSSR count). The second kappa shape index (κ2) is 5.06. The van der Waals surface area contributed by atoms with Crippen LogP contribution in [0.2, 0.25) is 0 Å². The Labute approximate surface area is 98.3 Å². The van der Waals surface area contributed by atoms with Gasteiger partial charge in [0, 0.05) is 12.6 Å². The fourth-order valence-electron chi connectivity index (χ4n) is 2.44. The Bertz CT molecular complexity index is 212. The summed E-state index contributed by atoms with van der Waals surface area (Å²) in [5.41, 5.74) is 5.66. The maximum absolute atomic E-state index is 7.63. The van der Waals surface area contributed by atoms with Gasteiger partial charge in [0.15, 0.2) is 5.96 Å². The number of guanidine groups is 1. The summed E-state index contributed by atoms with van der Waals surface area (Å²) >= 11 is 0. The van der Waals surface area contributed by atoms with Crippen molar-refractivity contribution in [3.63, 3.8) is 0 Å². The standard InChI is InChI=1S/C11H21N3.ClH/c1-2-7-14(11(12)13)10(8-3-4-8)9-5-6-9;/h8-10H,2-7H2,1H3,(H3,12,13);1H. The molecule has 0 aliphatic heterocycles. The molecule has 3 N–H and O–H groups in total. The average molecular weight is 232 g/mol. The van der Waals surface area contributed by atoms with Gasteiger partial charge in [0.2, 0.25) is 0 Å². The van der Waals surface area contributed by atoms with Gasteiger partial charge in [-0.1, -0.05) is 6.92 Å². The smallest absolute Gasteiger partial charge is 0.188 e. The number of nitrogens with zero attached hydrogens (tertiary/aromatic N) is 1. The number of nitrogens with one attached hydrogen (secondary N) is 1. The molecule has 2 fully saturated rings. The van der Waals surface area contributed by atoms with Gasteiger partial charge >= 0.3 is 0 Å². The summed E-state index contributed by atoms with van der Waals surface area (Å²) in [6.45, 7) is 3.12. The minimum absolute atomic E-state index is 0. The average Bonchev–Trinajstić information content (AvgIpc) is 2.99. The van der Waals surface area contributed by atoms with Gasteiger partial charge in [-0.05, 0) is 43.9 Å². The van der Waals surface area contributed by atoms with Crippen LogP contribution in [0, 0.1) is 17.2 Å². The molecule has 2 aliphatic carbocycles. The lowest BCUT2D eigenvalue weighted by Crippen LogP contribution is -2.46. The van der Waals surface area contributed by atoms with Crippen LogP contribution < -0.4 is 5.73 Å². The predicted octanol–water partition coefficient (Wildman–Crippen LogP) is 2.20. The molecule has 0 heterocycles. The highest BCUT2D eigenvalue weighted by Crippen LogP contribution is 2.47. The quantitative estimate of drug-likeness (QED) is 0.563. The van der Waals surface area contributed by atoms with Crippen molar-refractivity contribution in [1.29, 1.82) is 5.41 Å². The normalized spacial score (nSPS) is 19.9. The molecular formula is C11H22ClN3. The maximum atomic E-state index is 7.63. The summed E-state index contributed by atoms with van der Waals surface area (Å²) in [6.07, 6.45) is 6.52. The van der Waals surface area contributed by atoms with Gasteiger partial charge in [-0.25, -0.2) is 0 Å². The molecule has 0 amide bonds. The summed E-state index contributed by atoms with van der Waals surface area (Å²) in [7, 11) is 0. The first kappa shape index (κ1) is 12.6. The molecule has 2 aliphatic rings. The SMILES string of the molecule is CCCN(C(=N)N)C(C1CC1)C1CC1.Cl. The fourth-order valence-corrected chi connectivity index (χ4v) is 2.44. The van der Waals surface area contributed by atoms with Crippen molar-refractivity contribution >= 4 is 18.4 Å². The highest BCUT2D eigenvalue weighted by Gasteiger charge is 2.44. The number of nitrogens with two attached hydrogens (primary N) is 1. The summed E-state index contributed by atoms with van der Waals surface area (Å²) in [5.74, 6) is 1.98. The Kier molecular flexibility index (Phi) is 4.26. The van der Waals surface area contributed by atoms with Crippen LogP contribution in [-0.4, -0.2) is 23.4 Å². The number of rotatable bonds is 5. The summed E-state index contributed by atoms with van der Waals surface area (Å²) in [4.78, 5) is 2.15. The van der Waals surface area contributed by atoms with Crippen LogP contribution in [0.5, 0.6) is 0 Å². The lowest BCUT2D eigenvalue weighted by molar-refractivity contribution is 0.248. The molecule has 0 atom stereocenters. The zero-order chi connectivity index (χ0) is 10.1. The van der Waals surface area contributed by atoms with Gasteiger partial charge < -0.3 is 10.6 Å². The van der Waals surface area contributed by atoms with Crippen LogP contribution in [0.15, 0.2) is 0 Å². The molecule has 2 saturated carbocycles. The lowest BCUT2D eigenvalue weighted by Gasteiger charge is -2.32. The summed E-state index contributed by atoms with van der Waals surface area (Å²) in [6, 6.07) is 0.604. The number of halogens is 1. The van der Waals surface area contributed by atoms with E-state index >= 15 is 0 Å². The summed E-state index contributed by atoms with van der Waals surface area (Å²) < 4.78 is 0. The molecule has 88 valence electrons. The van der Waals surface area contributed by atoms with Gasteiger partial charge in [0.1, 0.15) is 0 Å². The van der Waals surface area contributed by atoms with E-state index < -0.39 is 0 Å². The molecule has 4 heteroatoms. The summed E-state index contributed by atoms with van der Waals surface area (Å²) in [5, 5.41) is 7.63. The topological polar surface area (TPSA) is 53.1 Å². The van der Waals surface area contributed by atoms with E-state index in [0.29, 0.717) is 6.04 Å². The second-order valence-corrected chi connectivity index (χ2v) is 4.74. The van der Waals surface area contributed by atoms with Crippen LogP contribution in [-0.2, 0) is 0 Å². The zero-order valence-electron chi connectivity index (χ0n) is 9.41. The molecule has 0 unspecified atom stereocenters. The maximum Gasteiger partial charge on any atom is 0.188 e. The Morgan fingerprint density at radius 2 is 1.80 bits per heavy atom. The molecule has 0 radical (unpaired) electrons. The molecule has 0 aromatic heterocycles. The second-order valence-electron chi connectivity index (χ2n) is 4.74. The molecule has 0 saturated heterocycles. The minimum Gasteiger partial charge on any atom is -0.370 e. The Morgan fingerprint density at radius 3 is 2.07 bits per heavy atom. The van der Waals surface area contributed by atoms with E-state index in [9.17, 15) is 0 Å². The number of hydrogen-bond acceptors (Lipinski definition) is 1. The van der Waals surface area contributed by atoms with E-state index in [1.54, 1.807) is 0 Å². The van der Waals surface area contributed by atoms with Crippen molar-refractivity contribution < 1.29 is 0 Å². The van der Waals surface area contributed by atoms with Crippen molar-refractivity contribution in [1.82, 2.24) is 4.90 Å². The first-order valence-electron chi connectivity index (χ1n) is 5.84. The van der Waals surface area contributed by atoms with Crippen molar-refractivity contribution in [3.8, 4) is 0 Å². The van der Waals surface area contributed by atoms with Crippen molar-refractivity contribution in [3.05, 3.63) is 0 Å². The van der Waals surface area contributed by atoms with Gasteiger partial charge in [0.25, 0.3) is 0 Å². The van der Waals surface area contributed by atoms with Gasteiger partial charge in [0.05, 0.1) is 0 Å². The largest absolute Gasteiger partial charge is 0.370 e. The number of hydrogen-bond donors (Lipinski definition) is 2. The highest BCUT2D eigenvalue weighted by molar-refractivity contribution is 5.85. The van der Waals surface area contributed by atoms with Crippen molar-refractivity contribution in [2.24, 2.45) is 17.6 Å². The molecule has 0 spiro atoms. The monoisotopic (exact) mass is 231 g/mol. The third-order valence-electron chi connectivity index (χ3n) is 3.34. The molecule has 3 nitrogen and oxygen atoms in total. The zero-order valence-corrected chi connectivity index (χ0v) is 10.2.